The van der Waals surface area contributed by atoms with Crippen molar-refractivity contribution in [2.24, 2.45) is 17.6 Å². The molecular formula is C18H27N3O. The number of benzene rings is 1. The summed E-state index contributed by atoms with van der Waals surface area (Å²) in [6.45, 7) is 6.29. The molecule has 1 aliphatic carbocycles. The van der Waals surface area contributed by atoms with Crippen LogP contribution in [-0.2, 0) is 4.79 Å². The molecule has 2 N–H and O–H groups in total. The number of anilines is 1. The van der Waals surface area contributed by atoms with E-state index >= 15 is 0 Å². The molecule has 2 atom stereocenters. The van der Waals surface area contributed by atoms with Gasteiger partial charge in [-0.15, -0.1) is 0 Å². The fourth-order valence-electron chi connectivity index (χ4n) is 3.89. The SMILES string of the molecule is Cc1cccc(N2CCN(C(=O)[C@@H]3CCC[C@@H]3CN)CC2)c1. The third-order valence-corrected chi connectivity index (χ3v) is 5.24. The van der Waals surface area contributed by atoms with Crippen LogP contribution in [0.25, 0.3) is 0 Å². The molecule has 2 fully saturated rings. The quantitative estimate of drug-likeness (QED) is 0.929. The van der Waals surface area contributed by atoms with Gasteiger partial charge in [-0.05, 0) is 49.9 Å². The van der Waals surface area contributed by atoms with Crippen molar-refractivity contribution >= 4 is 11.6 Å². The lowest BCUT2D eigenvalue weighted by Gasteiger charge is -2.38. The van der Waals surface area contributed by atoms with E-state index in [2.05, 4.69) is 41.0 Å². The van der Waals surface area contributed by atoms with Crippen LogP contribution in [0.15, 0.2) is 24.3 Å². The van der Waals surface area contributed by atoms with Gasteiger partial charge in [-0.1, -0.05) is 18.6 Å². The fraction of sp³-hybridized carbons (Fsp3) is 0.611. The summed E-state index contributed by atoms with van der Waals surface area (Å²) in [7, 11) is 0. The summed E-state index contributed by atoms with van der Waals surface area (Å²) in [5.74, 6) is 0.926. The number of hydrogen-bond donors (Lipinski definition) is 1. The molecule has 1 saturated carbocycles. The van der Waals surface area contributed by atoms with Gasteiger partial charge in [0, 0.05) is 37.8 Å². The molecule has 0 bridgehead atoms. The summed E-state index contributed by atoms with van der Waals surface area (Å²) in [6.07, 6.45) is 3.30. The highest BCUT2D eigenvalue weighted by atomic mass is 16.2. The Hall–Kier alpha value is -1.55. The molecule has 1 aromatic rings. The summed E-state index contributed by atoms with van der Waals surface area (Å²) in [5.41, 5.74) is 8.38. The maximum atomic E-state index is 12.7. The van der Waals surface area contributed by atoms with Crippen molar-refractivity contribution in [3.05, 3.63) is 29.8 Å². The zero-order valence-corrected chi connectivity index (χ0v) is 13.5. The highest BCUT2D eigenvalue weighted by Crippen LogP contribution is 2.32. The number of nitrogens with two attached hydrogens (primary N) is 1. The molecule has 0 aromatic heterocycles. The molecule has 1 heterocycles. The topological polar surface area (TPSA) is 49.6 Å². The largest absolute Gasteiger partial charge is 0.368 e. The van der Waals surface area contributed by atoms with Crippen molar-refractivity contribution in [2.75, 3.05) is 37.6 Å². The minimum absolute atomic E-state index is 0.176. The zero-order valence-electron chi connectivity index (χ0n) is 13.5. The zero-order chi connectivity index (χ0) is 15.5. The Morgan fingerprint density at radius 3 is 2.68 bits per heavy atom. The lowest BCUT2D eigenvalue weighted by Crippen LogP contribution is -2.51. The fourth-order valence-corrected chi connectivity index (χ4v) is 3.89. The standard InChI is InChI=1S/C18H27N3O/c1-14-4-2-6-16(12-14)20-8-10-21(11-9-20)18(22)17-7-3-5-15(17)13-19/h2,4,6,12,15,17H,3,5,7-11,13,19H2,1H3/t15-,17-/m1/s1. The molecule has 2 aliphatic rings. The Balaban J connectivity index is 1.58. The van der Waals surface area contributed by atoms with E-state index in [1.165, 1.54) is 11.3 Å². The normalized spacial score (nSPS) is 25.5. The minimum atomic E-state index is 0.176. The Morgan fingerprint density at radius 2 is 2.00 bits per heavy atom. The van der Waals surface area contributed by atoms with Crippen molar-refractivity contribution < 1.29 is 4.79 Å². The van der Waals surface area contributed by atoms with Gasteiger partial charge in [0.15, 0.2) is 0 Å². The van der Waals surface area contributed by atoms with E-state index in [4.69, 9.17) is 5.73 Å². The van der Waals surface area contributed by atoms with Crippen LogP contribution in [-0.4, -0.2) is 43.5 Å². The van der Waals surface area contributed by atoms with Crippen LogP contribution in [0.2, 0.25) is 0 Å². The number of hydrogen-bond acceptors (Lipinski definition) is 3. The maximum absolute atomic E-state index is 12.7. The first-order valence-electron chi connectivity index (χ1n) is 8.49. The number of piperazine rings is 1. The molecule has 3 rings (SSSR count). The Labute approximate surface area is 133 Å². The first-order valence-corrected chi connectivity index (χ1v) is 8.49. The van der Waals surface area contributed by atoms with E-state index in [1.807, 2.05) is 0 Å². The second-order valence-electron chi connectivity index (χ2n) is 6.68. The molecule has 1 saturated heterocycles. The minimum Gasteiger partial charge on any atom is -0.368 e. The average Bonchev–Trinajstić information content (AvgIpc) is 3.03. The maximum Gasteiger partial charge on any atom is 0.226 e. The lowest BCUT2D eigenvalue weighted by molar-refractivity contribution is -0.136. The second kappa shape index (κ2) is 6.69. The van der Waals surface area contributed by atoms with Crippen LogP contribution in [0.4, 0.5) is 5.69 Å². The second-order valence-corrected chi connectivity index (χ2v) is 6.68. The Bertz CT molecular complexity index is 523. The van der Waals surface area contributed by atoms with Crippen molar-refractivity contribution in [3.8, 4) is 0 Å². The van der Waals surface area contributed by atoms with Crippen LogP contribution in [0.3, 0.4) is 0 Å². The molecule has 4 heteroatoms. The van der Waals surface area contributed by atoms with Gasteiger partial charge in [-0.2, -0.15) is 0 Å². The first-order chi connectivity index (χ1) is 10.7. The number of aryl methyl sites for hydroxylation is 1. The molecule has 4 nitrogen and oxygen atoms in total. The Kier molecular flexibility index (Phi) is 4.67. The third-order valence-electron chi connectivity index (χ3n) is 5.24. The number of nitrogens with zero attached hydrogens (tertiary/aromatic N) is 2. The summed E-state index contributed by atoms with van der Waals surface area (Å²) in [6, 6.07) is 8.60. The lowest BCUT2D eigenvalue weighted by atomic mass is 9.94. The summed E-state index contributed by atoms with van der Waals surface area (Å²) in [5, 5.41) is 0. The molecule has 22 heavy (non-hydrogen) atoms. The number of rotatable bonds is 3. The summed E-state index contributed by atoms with van der Waals surface area (Å²) >= 11 is 0. The van der Waals surface area contributed by atoms with Crippen LogP contribution in [0.5, 0.6) is 0 Å². The van der Waals surface area contributed by atoms with Crippen molar-refractivity contribution in [2.45, 2.75) is 26.2 Å². The summed E-state index contributed by atoms with van der Waals surface area (Å²) in [4.78, 5) is 17.2. The van der Waals surface area contributed by atoms with Crippen molar-refractivity contribution in [3.63, 3.8) is 0 Å². The third kappa shape index (κ3) is 3.12. The van der Waals surface area contributed by atoms with Crippen LogP contribution < -0.4 is 10.6 Å². The van der Waals surface area contributed by atoms with E-state index in [0.29, 0.717) is 18.4 Å². The van der Waals surface area contributed by atoms with Gasteiger partial charge >= 0.3 is 0 Å². The van der Waals surface area contributed by atoms with Gasteiger partial charge in [0.05, 0.1) is 0 Å². The smallest absolute Gasteiger partial charge is 0.226 e. The van der Waals surface area contributed by atoms with E-state index in [-0.39, 0.29) is 5.92 Å². The highest BCUT2D eigenvalue weighted by Gasteiger charge is 2.35. The number of carbonyl (C=O) groups is 1. The molecule has 120 valence electrons. The van der Waals surface area contributed by atoms with Crippen molar-refractivity contribution in [1.82, 2.24) is 4.90 Å². The van der Waals surface area contributed by atoms with Gasteiger partial charge in [0.25, 0.3) is 0 Å². The van der Waals surface area contributed by atoms with Crippen LogP contribution in [0.1, 0.15) is 24.8 Å². The van der Waals surface area contributed by atoms with E-state index in [1.54, 1.807) is 0 Å². The first kappa shape index (κ1) is 15.3. The van der Waals surface area contributed by atoms with Gasteiger partial charge in [0.1, 0.15) is 0 Å². The van der Waals surface area contributed by atoms with Gasteiger partial charge in [0.2, 0.25) is 5.91 Å². The molecule has 0 radical (unpaired) electrons. The average molecular weight is 301 g/mol. The van der Waals surface area contributed by atoms with E-state index in [0.717, 1.165) is 45.4 Å². The molecular weight excluding hydrogens is 274 g/mol. The molecule has 1 aromatic carbocycles. The Morgan fingerprint density at radius 1 is 1.23 bits per heavy atom. The molecule has 0 unspecified atom stereocenters. The predicted molar refractivity (Wildman–Crippen MR) is 89.9 cm³/mol. The molecule has 1 amide bonds. The molecule has 1 aliphatic heterocycles. The van der Waals surface area contributed by atoms with Crippen molar-refractivity contribution in [1.29, 1.82) is 0 Å². The number of carbonyl (C=O) groups excluding carboxylic acids is 1. The van der Waals surface area contributed by atoms with Crippen LogP contribution in [0, 0.1) is 18.8 Å². The monoisotopic (exact) mass is 301 g/mol. The van der Waals surface area contributed by atoms with E-state index in [9.17, 15) is 4.79 Å². The highest BCUT2D eigenvalue weighted by molar-refractivity contribution is 5.79. The van der Waals surface area contributed by atoms with Gasteiger partial charge < -0.3 is 15.5 Å². The molecule has 0 spiro atoms. The number of amides is 1. The van der Waals surface area contributed by atoms with Gasteiger partial charge in [-0.25, -0.2) is 0 Å². The van der Waals surface area contributed by atoms with Gasteiger partial charge in [-0.3, -0.25) is 4.79 Å². The predicted octanol–water partition coefficient (Wildman–Crippen LogP) is 2.02. The van der Waals surface area contributed by atoms with E-state index < -0.39 is 0 Å². The summed E-state index contributed by atoms with van der Waals surface area (Å²) < 4.78 is 0. The van der Waals surface area contributed by atoms with Crippen LogP contribution >= 0.6 is 0 Å².